The largest absolute Gasteiger partial charge is 0.411 e. The van der Waals surface area contributed by atoms with Crippen molar-refractivity contribution in [1.82, 2.24) is 14.5 Å². The fourth-order valence-corrected chi connectivity index (χ4v) is 5.60. The molecule has 1 amide bonds. The molecule has 0 bridgehead atoms. The summed E-state index contributed by atoms with van der Waals surface area (Å²) < 4.78 is 33.1. The highest BCUT2D eigenvalue weighted by molar-refractivity contribution is 7.99. The Morgan fingerprint density at radius 2 is 1.88 bits per heavy atom. The Bertz CT molecular complexity index is 1200. The quantitative estimate of drug-likeness (QED) is 0.519. The predicted octanol–water partition coefficient (Wildman–Crippen LogP) is 3.95. The van der Waals surface area contributed by atoms with E-state index in [1.807, 2.05) is 31.2 Å². The second-order valence-corrected chi connectivity index (χ2v) is 10.4. The highest BCUT2D eigenvalue weighted by Gasteiger charge is 2.26. The van der Waals surface area contributed by atoms with Crippen LogP contribution in [0.5, 0.6) is 0 Å². The highest BCUT2D eigenvalue weighted by atomic mass is 32.2. The van der Waals surface area contributed by atoms with Gasteiger partial charge < -0.3 is 9.73 Å². The first-order chi connectivity index (χ1) is 15.4. The van der Waals surface area contributed by atoms with Crippen molar-refractivity contribution in [3.05, 3.63) is 54.1 Å². The van der Waals surface area contributed by atoms with E-state index in [2.05, 4.69) is 15.5 Å². The molecule has 10 heteroatoms. The molecule has 0 spiro atoms. The van der Waals surface area contributed by atoms with Crippen molar-refractivity contribution in [2.75, 3.05) is 24.2 Å². The summed E-state index contributed by atoms with van der Waals surface area (Å²) in [5.41, 5.74) is 2.31. The molecule has 2 aromatic carbocycles. The molecule has 1 N–H and O–H groups in total. The number of sulfonamides is 1. The van der Waals surface area contributed by atoms with Crippen molar-refractivity contribution in [1.29, 1.82) is 0 Å². The molecule has 1 saturated heterocycles. The second-order valence-electron chi connectivity index (χ2n) is 7.57. The van der Waals surface area contributed by atoms with Crippen LogP contribution >= 0.6 is 11.8 Å². The molecule has 0 unspecified atom stereocenters. The van der Waals surface area contributed by atoms with Gasteiger partial charge in [0.25, 0.3) is 5.22 Å². The number of thioether (sulfide) groups is 1. The molecule has 0 atom stereocenters. The van der Waals surface area contributed by atoms with Crippen molar-refractivity contribution in [2.45, 2.75) is 36.3 Å². The Balaban J connectivity index is 1.41. The first kappa shape index (κ1) is 22.5. The molecular weight excluding hydrogens is 448 g/mol. The number of carbonyl (C=O) groups is 1. The monoisotopic (exact) mass is 472 g/mol. The van der Waals surface area contributed by atoms with E-state index in [0.29, 0.717) is 18.7 Å². The van der Waals surface area contributed by atoms with Crippen LogP contribution in [-0.2, 0) is 14.8 Å². The standard InChI is InChI=1S/C22H24N4O4S2/c1-16-7-5-9-18(13-16)23-20(27)15-31-22-25-24-21(30-22)17-8-6-10-19(14-17)32(28,29)26-11-3-2-4-12-26/h5-10,13-14H,2-4,11-12,15H2,1H3,(H,23,27). The number of aryl methyl sites for hydroxylation is 1. The zero-order valence-electron chi connectivity index (χ0n) is 17.7. The summed E-state index contributed by atoms with van der Waals surface area (Å²) in [6, 6.07) is 14.1. The average Bonchev–Trinajstić information content (AvgIpc) is 3.28. The summed E-state index contributed by atoms with van der Waals surface area (Å²) >= 11 is 1.12. The molecule has 2 heterocycles. The second kappa shape index (κ2) is 9.85. The van der Waals surface area contributed by atoms with Gasteiger partial charge in [0.15, 0.2) is 0 Å². The van der Waals surface area contributed by atoms with Crippen LogP contribution in [0, 0.1) is 6.92 Å². The first-order valence-corrected chi connectivity index (χ1v) is 12.8. The van der Waals surface area contributed by atoms with Crippen LogP contribution in [0.2, 0.25) is 0 Å². The van der Waals surface area contributed by atoms with Crippen molar-refractivity contribution >= 4 is 33.4 Å². The Kier molecular flexibility index (Phi) is 6.92. The lowest BCUT2D eigenvalue weighted by Crippen LogP contribution is -2.35. The third kappa shape index (κ3) is 5.37. The summed E-state index contributed by atoms with van der Waals surface area (Å²) in [4.78, 5) is 12.4. The number of nitrogens with one attached hydrogen (secondary N) is 1. The molecule has 0 radical (unpaired) electrons. The SMILES string of the molecule is Cc1cccc(NC(=O)CSc2nnc(-c3cccc(S(=O)(=O)N4CCCCC4)c3)o2)c1. The molecule has 32 heavy (non-hydrogen) atoms. The molecular formula is C22H24N4O4S2. The lowest BCUT2D eigenvalue weighted by atomic mass is 10.2. The van der Waals surface area contributed by atoms with Crippen molar-refractivity contribution in [3.63, 3.8) is 0 Å². The van der Waals surface area contributed by atoms with Crippen molar-refractivity contribution in [3.8, 4) is 11.5 Å². The van der Waals surface area contributed by atoms with Crippen LogP contribution in [0.25, 0.3) is 11.5 Å². The molecule has 1 aliphatic heterocycles. The van der Waals surface area contributed by atoms with E-state index in [4.69, 9.17) is 4.42 Å². The van der Waals surface area contributed by atoms with E-state index < -0.39 is 10.0 Å². The summed E-state index contributed by atoms with van der Waals surface area (Å²) in [7, 11) is -3.55. The fourth-order valence-electron chi connectivity index (χ4n) is 3.48. The Morgan fingerprint density at radius 3 is 2.66 bits per heavy atom. The molecule has 0 saturated carbocycles. The van der Waals surface area contributed by atoms with Crippen LogP contribution in [0.1, 0.15) is 24.8 Å². The molecule has 1 aliphatic rings. The first-order valence-electron chi connectivity index (χ1n) is 10.4. The molecule has 4 rings (SSSR count). The lowest BCUT2D eigenvalue weighted by molar-refractivity contribution is -0.113. The van der Waals surface area contributed by atoms with E-state index in [-0.39, 0.29) is 27.7 Å². The summed E-state index contributed by atoms with van der Waals surface area (Å²) in [6.45, 7) is 3.04. The van der Waals surface area contributed by atoms with E-state index in [1.165, 1.54) is 4.31 Å². The number of aromatic nitrogens is 2. The van der Waals surface area contributed by atoms with Gasteiger partial charge in [0.1, 0.15) is 0 Å². The number of hydrogen-bond donors (Lipinski definition) is 1. The molecule has 8 nitrogen and oxygen atoms in total. The normalized spacial score (nSPS) is 14.9. The highest BCUT2D eigenvalue weighted by Crippen LogP contribution is 2.27. The smallest absolute Gasteiger partial charge is 0.277 e. The maximum atomic E-state index is 12.9. The topological polar surface area (TPSA) is 105 Å². The average molecular weight is 473 g/mol. The molecule has 1 fully saturated rings. The van der Waals surface area contributed by atoms with Gasteiger partial charge >= 0.3 is 0 Å². The van der Waals surface area contributed by atoms with Gasteiger partial charge in [-0.15, -0.1) is 10.2 Å². The minimum Gasteiger partial charge on any atom is -0.411 e. The number of benzene rings is 2. The van der Waals surface area contributed by atoms with Crippen molar-refractivity contribution in [2.24, 2.45) is 0 Å². The Hall–Kier alpha value is -2.69. The van der Waals surface area contributed by atoms with Crippen LogP contribution in [0.4, 0.5) is 5.69 Å². The predicted molar refractivity (Wildman–Crippen MR) is 123 cm³/mol. The van der Waals surface area contributed by atoms with Gasteiger partial charge in [0, 0.05) is 24.3 Å². The maximum Gasteiger partial charge on any atom is 0.277 e. The van der Waals surface area contributed by atoms with E-state index in [0.717, 1.165) is 42.3 Å². The van der Waals surface area contributed by atoms with Crippen molar-refractivity contribution < 1.29 is 17.6 Å². The van der Waals surface area contributed by atoms with E-state index >= 15 is 0 Å². The molecule has 168 valence electrons. The zero-order chi connectivity index (χ0) is 22.6. The molecule has 3 aromatic rings. The van der Waals surface area contributed by atoms with Gasteiger partial charge in [0.2, 0.25) is 21.8 Å². The third-order valence-electron chi connectivity index (χ3n) is 5.07. The van der Waals surface area contributed by atoms with Crippen LogP contribution in [0.15, 0.2) is 63.1 Å². The van der Waals surface area contributed by atoms with Gasteiger partial charge in [-0.1, -0.05) is 36.4 Å². The minimum absolute atomic E-state index is 0.110. The van der Waals surface area contributed by atoms with Gasteiger partial charge in [-0.05, 0) is 55.7 Å². The zero-order valence-corrected chi connectivity index (χ0v) is 19.3. The maximum absolute atomic E-state index is 12.9. The number of rotatable bonds is 7. The number of carbonyl (C=O) groups excluding carboxylic acids is 1. The number of amides is 1. The number of anilines is 1. The Labute approximate surface area is 191 Å². The van der Waals surface area contributed by atoms with E-state index in [1.54, 1.807) is 24.3 Å². The molecule has 0 aliphatic carbocycles. The number of piperidine rings is 1. The minimum atomic E-state index is -3.55. The summed E-state index contributed by atoms with van der Waals surface area (Å²) in [5.74, 6) is 0.135. The van der Waals surface area contributed by atoms with Gasteiger partial charge in [-0.3, -0.25) is 4.79 Å². The van der Waals surface area contributed by atoms with Crippen LogP contribution in [0.3, 0.4) is 0 Å². The molecule has 1 aromatic heterocycles. The summed E-state index contributed by atoms with van der Waals surface area (Å²) in [6.07, 6.45) is 2.80. The number of hydrogen-bond acceptors (Lipinski definition) is 7. The lowest BCUT2D eigenvalue weighted by Gasteiger charge is -2.25. The van der Waals surface area contributed by atoms with Gasteiger partial charge in [-0.25, -0.2) is 8.42 Å². The van der Waals surface area contributed by atoms with Crippen LogP contribution < -0.4 is 5.32 Å². The Morgan fingerprint density at radius 1 is 1.09 bits per heavy atom. The van der Waals surface area contributed by atoms with Gasteiger partial charge in [0.05, 0.1) is 10.6 Å². The number of nitrogens with zero attached hydrogens (tertiary/aromatic N) is 3. The fraction of sp³-hybridized carbons (Fsp3) is 0.318. The van der Waals surface area contributed by atoms with E-state index in [9.17, 15) is 13.2 Å². The van der Waals surface area contributed by atoms with Gasteiger partial charge in [-0.2, -0.15) is 4.31 Å². The summed E-state index contributed by atoms with van der Waals surface area (Å²) in [5, 5.41) is 11.1. The van der Waals surface area contributed by atoms with Crippen LogP contribution in [-0.4, -0.2) is 47.7 Å². The third-order valence-corrected chi connectivity index (χ3v) is 7.78.